The lowest BCUT2D eigenvalue weighted by Crippen LogP contribution is -2.05. The molecule has 1 aromatic heterocycles. The summed E-state index contributed by atoms with van der Waals surface area (Å²) in [5.74, 6) is 2.75. The van der Waals surface area contributed by atoms with Crippen molar-refractivity contribution < 1.29 is 9.47 Å². The predicted octanol–water partition coefficient (Wildman–Crippen LogP) is 2.66. The van der Waals surface area contributed by atoms with Gasteiger partial charge in [-0.2, -0.15) is 5.10 Å². The molecule has 0 aliphatic rings. The van der Waals surface area contributed by atoms with Gasteiger partial charge in [-0.15, -0.1) is 0 Å². The van der Waals surface area contributed by atoms with Gasteiger partial charge in [0.05, 0.1) is 12.2 Å². The molecule has 1 heterocycles. The normalized spacial score (nSPS) is 11.1. The van der Waals surface area contributed by atoms with Crippen molar-refractivity contribution in [1.29, 1.82) is 0 Å². The zero-order valence-electron chi connectivity index (χ0n) is 12.5. The molecule has 0 amide bonds. The second kappa shape index (κ2) is 6.52. The van der Waals surface area contributed by atoms with Crippen LogP contribution in [0.3, 0.4) is 0 Å². The van der Waals surface area contributed by atoms with E-state index in [0.717, 1.165) is 17.1 Å². The molecule has 0 atom stereocenters. The maximum absolute atomic E-state index is 5.84. The summed E-state index contributed by atoms with van der Waals surface area (Å²) in [6, 6.07) is 7.84. The van der Waals surface area contributed by atoms with E-state index < -0.39 is 0 Å². The third-order valence-corrected chi connectivity index (χ3v) is 2.83. The molecular weight excluding hydrogens is 254 g/mol. The molecule has 5 heteroatoms. The topological polar surface area (TPSA) is 49.2 Å². The fourth-order valence-corrected chi connectivity index (χ4v) is 1.82. The highest BCUT2D eigenvalue weighted by Crippen LogP contribution is 2.27. The number of benzene rings is 1. The molecule has 20 heavy (non-hydrogen) atoms. The first-order valence-corrected chi connectivity index (χ1v) is 6.73. The number of hydrogen-bond donors (Lipinski definition) is 0. The molecule has 2 aromatic rings. The van der Waals surface area contributed by atoms with Crippen molar-refractivity contribution in [3.63, 3.8) is 0 Å². The number of aryl methyl sites for hydroxylation is 1. The fourth-order valence-electron chi connectivity index (χ4n) is 1.82. The maximum atomic E-state index is 5.84. The molecule has 108 valence electrons. The van der Waals surface area contributed by atoms with Crippen molar-refractivity contribution in [2.24, 2.45) is 13.0 Å². The Morgan fingerprint density at radius 2 is 2.00 bits per heavy atom. The molecule has 0 unspecified atom stereocenters. The van der Waals surface area contributed by atoms with E-state index >= 15 is 0 Å². The third kappa shape index (κ3) is 3.36. The van der Waals surface area contributed by atoms with Crippen LogP contribution in [0.5, 0.6) is 5.75 Å². The van der Waals surface area contributed by atoms with Crippen LogP contribution < -0.4 is 4.74 Å². The van der Waals surface area contributed by atoms with Gasteiger partial charge in [0, 0.05) is 14.2 Å². The van der Waals surface area contributed by atoms with Crippen LogP contribution in [0, 0.1) is 5.92 Å². The quantitative estimate of drug-likeness (QED) is 0.813. The van der Waals surface area contributed by atoms with Crippen molar-refractivity contribution in [3.8, 4) is 17.1 Å². The van der Waals surface area contributed by atoms with Gasteiger partial charge < -0.3 is 9.47 Å². The monoisotopic (exact) mass is 275 g/mol. The van der Waals surface area contributed by atoms with Crippen LogP contribution in [-0.4, -0.2) is 28.5 Å². The van der Waals surface area contributed by atoms with Gasteiger partial charge in [0.1, 0.15) is 12.4 Å². The molecule has 2 rings (SSSR count). The molecule has 0 radical (unpaired) electrons. The molecule has 0 fully saturated rings. The van der Waals surface area contributed by atoms with Crippen LogP contribution in [-0.2, 0) is 18.4 Å². The summed E-state index contributed by atoms with van der Waals surface area (Å²) in [7, 11) is 3.51. The van der Waals surface area contributed by atoms with Crippen LogP contribution in [0.2, 0.25) is 0 Å². The fraction of sp³-hybridized carbons (Fsp3) is 0.467. The van der Waals surface area contributed by atoms with E-state index in [9.17, 15) is 0 Å². The first kappa shape index (κ1) is 14.5. The Bertz CT molecular complexity index is 564. The van der Waals surface area contributed by atoms with E-state index in [1.165, 1.54) is 0 Å². The second-order valence-electron chi connectivity index (χ2n) is 5.11. The van der Waals surface area contributed by atoms with Crippen LogP contribution in [0.1, 0.15) is 19.7 Å². The minimum atomic E-state index is 0.443. The Kier molecular flexibility index (Phi) is 4.74. The minimum absolute atomic E-state index is 0.443. The standard InChI is InChI=1S/C15H21N3O2/c1-11(2)9-20-13-8-6-5-7-12(13)15-16-14(10-19-4)18(3)17-15/h5-8,11H,9-10H2,1-4H3. The Labute approximate surface area is 119 Å². The number of hydrogen-bond acceptors (Lipinski definition) is 4. The third-order valence-electron chi connectivity index (χ3n) is 2.83. The summed E-state index contributed by atoms with van der Waals surface area (Å²) in [6.07, 6.45) is 0. The van der Waals surface area contributed by atoms with Gasteiger partial charge in [-0.3, -0.25) is 4.68 Å². The summed E-state index contributed by atoms with van der Waals surface area (Å²) in [6.45, 7) is 5.37. The van der Waals surface area contributed by atoms with E-state index in [1.54, 1.807) is 11.8 Å². The molecule has 5 nitrogen and oxygen atoms in total. The van der Waals surface area contributed by atoms with E-state index in [1.807, 2.05) is 31.3 Å². The van der Waals surface area contributed by atoms with Crippen LogP contribution in [0.15, 0.2) is 24.3 Å². The Balaban J connectivity index is 2.29. The number of aromatic nitrogens is 3. The van der Waals surface area contributed by atoms with Gasteiger partial charge in [0.25, 0.3) is 0 Å². The van der Waals surface area contributed by atoms with Crippen molar-refractivity contribution in [2.75, 3.05) is 13.7 Å². The van der Waals surface area contributed by atoms with Gasteiger partial charge in [-0.05, 0) is 18.1 Å². The minimum Gasteiger partial charge on any atom is -0.493 e. The number of nitrogens with zero attached hydrogens (tertiary/aromatic N) is 3. The molecule has 0 bridgehead atoms. The van der Waals surface area contributed by atoms with E-state index in [0.29, 0.717) is 25.0 Å². The van der Waals surface area contributed by atoms with Crippen molar-refractivity contribution in [2.45, 2.75) is 20.5 Å². The molecule has 0 aliphatic heterocycles. The van der Waals surface area contributed by atoms with Crippen molar-refractivity contribution in [1.82, 2.24) is 14.8 Å². The highest BCUT2D eigenvalue weighted by molar-refractivity contribution is 5.63. The SMILES string of the molecule is COCc1nc(-c2ccccc2OCC(C)C)nn1C. The van der Waals surface area contributed by atoms with Crippen LogP contribution in [0.4, 0.5) is 0 Å². The summed E-state index contributed by atoms with van der Waals surface area (Å²) < 4.78 is 12.7. The lowest BCUT2D eigenvalue weighted by molar-refractivity contribution is 0.174. The molecule has 0 spiro atoms. The van der Waals surface area contributed by atoms with Crippen molar-refractivity contribution in [3.05, 3.63) is 30.1 Å². The number of para-hydroxylation sites is 1. The van der Waals surface area contributed by atoms with Crippen LogP contribution >= 0.6 is 0 Å². The zero-order chi connectivity index (χ0) is 14.5. The summed E-state index contributed by atoms with van der Waals surface area (Å²) in [5, 5.41) is 4.43. The molecule has 0 N–H and O–H groups in total. The maximum Gasteiger partial charge on any atom is 0.185 e. The van der Waals surface area contributed by atoms with Gasteiger partial charge in [-0.25, -0.2) is 4.98 Å². The van der Waals surface area contributed by atoms with Gasteiger partial charge >= 0.3 is 0 Å². The zero-order valence-corrected chi connectivity index (χ0v) is 12.5. The van der Waals surface area contributed by atoms with Crippen molar-refractivity contribution >= 4 is 0 Å². The second-order valence-corrected chi connectivity index (χ2v) is 5.11. The average molecular weight is 275 g/mol. The number of methoxy groups -OCH3 is 1. The van der Waals surface area contributed by atoms with E-state index in [2.05, 4.69) is 23.9 Å². The molecular formula is C15H21N3O2. The first-order valence-electron chi connectivity index (χ1n) is 6.73. The highest BCUT2D eigenvalue weighted by atomic mass is 16.5. The van der Waals surface area contributed by atoms with E-state index in [-0.39, 0.29) is 0 Å². The van der Waals surface area contributed by atoms with Gasteiger partial charge in [0.2, 0.25) is 0 Å². The predicted molar refractivity (Wildman–Crippen MR) is 77.5 cm³/mol. The summed E-state index contributed by atoms with van der Waals surface area (Å²) in [5.41, 5.74) is 0.908. The molecule has 0 saturated heterocycles. The molecule has 1 aromatic carbocycles. The summed E-state index contributed by atoms with van der Waals surface area (Å²) in [4.78, 5) is 4.50. The number of rotatable bonds is 6. The number of ether oxygens (including phenoxy) is 2. The lowest BCUT2D eigenvalue weighted by Gasteiger charge is -2.11. The lowest BCUT2D eigenvalue weighted by atomic mass is 10.2. The van der Waals surface area contributed by atoms with Gasteiger partial charge in [-0.1, -0.05) is 26.0 Å². The first-order chi connectivity index (χ1) is 9.61. The van der Waals surface area contributed by atoms with Gasteiger partial charge in [0.15, 0.2) is 11.6 Å². The summed E-state index contributed by atoms with van der Waals surface area (Å²) >= 11 is 0. The molecule has 0 saturated carbocycles. The van der Waals surface area contributed by atoms with E-state index in [4.69, 9.17) is 9.47 Å². The Morgan fingerprint density at radius 1 is 1.25 bits per heavy atom. The Morgan fingerprint density at radius 3 is 2.70 bits per heavy atom. The smallest absolute Gasteiger partial charge is 0.185 e. The van der Waals surface area contributed by atoms with Crippen LogP contribution in [0.25, 0.3) is 11.4 Å². The molecule has 0 aliphatic carbocycles. The largest absolute Gasteiger partial charge is 0.493 e. The Hall–Kier alpha value is -1.88. The average Bonchev–Trinajstić information content (AvgIpc) is 2.78. The highest BCUT2D eigenvalue weighted by Gasteiger charge is 2.13.